The highest BCUT2D eigenvalue weighted by Gasteiger charge is 2.30. The fourth-order valence-electron chi connectivity index (χ4n) is 3.75. The molecule has 1 saturated heterocycles. The summed E-state index contributed by atoms with van der Waals surface area (Å²) in [5, 5.41) is 3.66. The molecule has 1 aliphatic rings. The number of aromatic nitrogens is 2. The van der Waals surface area contributed by atoms with E-state index in [0.29, 0.717) is 30.4 Å². The third kappa shape index (κ3) is 4.54. The molecule has 0 spiro atoms. The molecule has 0 aliphatic carbocycles. The Morgan fingerprint density at radius 2 is 1.97 bits per heavy atom. The molecular formula is C23H23ClN4O2. The number of benzene rings is 1. The summed E-state index contributed by atoms with van der Waals surface area (Å²) in [6, 6.07) is 14.8. The number of carbonyl (C=O) groups is 2. The van der Waals surface area contributed by atoms with E-state index >= 15 is 0 Å². The first kappa shape index (κ1) is 20.2. The summed E-state index contributed by atoms with van der Waals surface area (Å²) >= 11 is 5.90. The molecule has 3 aromatic rings. The molecular weight excluding hydrogens is 400 g/mol. The lowest BCUT2D eigenvalue weighted by atomic mass is 9.96. The molecule has 6 nitrogen and oxygen atoms in total. The van der Waals surface area contributed by atoms with E-state index in [-0.39, 0.29) is 17.7 Å². The second-order valence-corrected chi connectivity index (χ2v) is 7.85. The number of rotatable bonds is 5. The van der Waals surface area contributed by atoms with Gasteiger partial charge < -0.3 is 14.8 Å². The van der Waals surface area contributed by atoms with Crippen LogP contribution in [-0.4, -0.2) is 39.4 Å². The van der Waals surface area contributed by atoms with Gasteiger partial charge in [-0.1, -0.05) is 23.7 Å². The van der Waals surface area contributed by atoms with E-state index in [9.17, 15) is 9.59 Å². The van der Waals surface area contributed by atoms with E-state index in [0.717, 1.165) is 24.1 Å². The van der Waals surface area contributed by atoms with Crippen molar-refractivity contribution in [3.05, 3.63) is 83.4 Å². The second kappa shape index (κ2) is 9.13. The van der Waals surface area contributed by atoms with Gasteiger partial charge in [-0.25, -0.2) is 0 Å². The van der Waals surface area contributed by atoms with Crippen molar-refractivity contribution in [1.29, 1.82) is 0 Å². The van der Waals surface area contributed by atoms with E-state index in [1.807, 2.05) is 41.1 Å². The molecule has 0 radical (unpaired) electrons. The van der Waals surface area contributed by atoms with Crippen LogP contribution in [0.25, 0.3) is 5.69 Å². The van der Waals surface area contributed by atoms with Gasteiger partial charge in [0.25, 0.3) is 5.91 Å². The van der Waals surface area contributed by atoms with Crippen molar-refractivity contribution >= 4 is 23.4 Å². The summed E-state index contributed by atoms with van der Waals surface area (Å²) in [6.07, 6.45) is 6.86. The Morgan fingerprint density at radius 3 is 2.73 bits per heavy atom. The number of likely N-dealkylation sites (tertiary alicyclic amines) is 1. The lowest BCUT2D eigenvalue weighted by Crippen LogP contribution is -2.45. The summed E-state index contributed by atoms with van der Waals surface area (Å²) in [7, 11) is 0. The molecule has 2 aromatic heterocycles. The molecule has 1 unspecified atom stereocenters. The van der Waals surface area contributed by atoms with Gasteiger partial charge in [0.1, 0.15) is 5.69 Å². The number of hydrogen-bond donors (Lipinski definition) is 1. The van der Waals surface area contributed by atoms with Gasteiger partial charge in [0.2, 0.25) is 5.91 Å². The maximum absolute atomic E-state index is 13.2. The van der Waals surface area contributed by atoms with E-state index in [2.05, 4.69) is 10.3 Å². The van der Waals surface area contributed by atoms with Crippen molar-refractivity contribution in [1.82, 2.24) is 19.8 Å². The van der Waals surface area contributed by atoms with Crippen molar-refractivity contribution < 1.29 is 9.59 Å². The van der Waals surface area contributed by atoms with Crippen molar-refractivity contribution in [2.75, 3.05) is 13.1 Å². The molecule has 0 saturated carbocycles. The normalized spacial score (nSPS) is 16.3. The SMILES string of the molecule is O=C(NCc1ccc(Cl)cc1)C1CCCN(C(=O)c2cccn2-c2cccnc2)C1. The fraction of sp³-hybridized carbons (Fsp3) is 0.261. The van der Waals surface area contributed by atoms with Crippen molar-refractivity contribution in [3.63, 3.8) is 0 Å². The molecule has 1 fully saturated rings. The number of piperidine rings is 1. The van der Waals surface area contributed by atoms with E-state index < -0.39 is 0 Å². The number of hydrogen-bond acceptors (Lipinski definition) is 3. The number of nitrogens with zero attached hydrogens (tertiary/aromatic N) is 3. The number of amides is 2. The second-order valence-electron chi connectivity index (χ2n) is 7.41. The lowest BCUT2D eigenvalue weighted by molar-refractivity contribution is -0.126. The summed E-state index contributed by atoms with van der Waals surface area (Å²) in [5.74, 6) is -0.305. The number of halogens is 1. The van der Waals surface area contributed by atoms with Crippen LogP contribution in [0.5, 0.6) is 0 Å². The van der Waals surface area contributed by atoms with Crippen molar-refractivity contribution in [2.24, 2.45) is 5.92 Å². The first-order valence-electron chi connectivity index (χ1n) is 10.0. The highest BCUT2D eigenvalue weighted by Crippen LogP contribution is 2.21. The lowest BCUT2D eigenvalue weighted by Gasteiger charge is -2.32. The molecule has 2 amide bonds. The predicted octanol–water partition coefficient (Wildman–Crippen LogP) is 3.69. The Labute approximate surface area is 180 Å². The van der Waals surface area contributed by atoms with Gasteiger partial charge in [-0.05, 0) is 54.8 Å². The molecule has 0 bridgehead atoms. The van der Waals surface area contributed by atoms with Crippen LogP contribution >= 0.6 is 11.6 Å². The molecule has 4 rings (SSSR count). The fourth-order valence-corrected chi connectivity index (χ4v) is 3.88. The molecule has 30 heavy (non-hydrogen) atoms. The Hall–Kier alpha value is -3.12. The van der Waals surface area contributed by atoms with Crippen LogP contribution in [0.3, 0.4) is 0 Å². The van der Waals surface area contributed by atoms with Gasteiger partial charge in [0.05, 0.1) is 17.8 Å². The van der Waals surface area contributed by atoms with Gasteiger partial charge in [0, 0.05) is 37.1 Å². The van der Waals surface area contributed by atoms with Crippen LogP contribution < -0.4 is 5.32 Å². The quantitative estimate of drug-likeness (QED) is 0.681. The number of nitrogens with one attached hydrogen (secondary N) is 1. The van der Waals surface area contributed by atoms with E-state index in [4.69, 9.17) is 11.6 Å². The Balaban J connectivity index is 1.40. The summed E-state index contributed by atoms with van der Waals surface area (Å²) < 4.78 is 1.83. The highest BCUT2D eigenvalue weighted by atomic mass is 35.5. The molecule has 7 heteroatoms. The van der Waals surface area contributed by atoms with Crippen LogP contribution in [0.2, 0.25) is 5.02 Å². The first-order chi connectivity index (χ1) is 14.6. The molecule has 1 N–H and O–H groups in total. The van der Waals surface area contributed by atoms with Crippen LogP contribution in [-0.2, 0) is 11.3 Å². The zero-order valence-electron chi connectivity index (χ0n) is 16.5. The number of carbonyl (C=O) groups excluding carboxylic acids is 2. The third-order valence-electron chi connectivity index (χ3n) is 5.35. The Morgan fingerprint density at radius 1 is 1.13 bits per heavy atom. The average molecular weight is 423 g/mol. The van der Waals surface area contributed by atoms with Crippen LogP contribution in [0.4, 0.5) is 0 Å². The smallest absolute Gasteiger partial charge is 0.270 e. The average Bonchev–Trinajstić information content (AvgIpc) is 3.28. The van der Waals surface area contributed by atoms with Gasteiger partial charge in [0.15, 0.2) is 0 Å². The van der Waals surface area contributed by atoms with E-state index in [1.165, 1.54) is 0 Å². The minimum atomic E-state index is -0.211. The minimum absolute atomic E-state index is 0.0231. The number of pyridine rings is 1. The topological polar surface area (TPSA) is 67.2 Å². The monoisotopic (exact) mass is 422 g/mol. The van der Waals surface area contributed by atoms with Crippen molar-refractivity contribution in [2.45, 2.75) is 19.4 Å². The molecule has 1 aliphatic heterocycles. The van der Waals surface area contributed by atoms with Gasteiger partial charge in [-0.2, -0.15) is 0 Å². The first-order valence-corrected chi connectivity index (χ1v) is 10.4. The predicted molar refractivity (Wildman–Crippen MR) is 115 cm³/mol. The maximum Gasteiger partial charge on any atom is 0.270 e. The molecule has 1 atom stereocenters. The van der Waals surface area contributed by atoms with Crippen LogP contribution in [0.15, 0.2) is 67.1 Å². The van der Waals surface area contributed by atoms with Gasteiger partial charge >= 0.3 is 0 Å². The zero-order chi connectivity index (χ0) is 20.9. The summed E-state index contributed by atoms with van der Waals surface area (Å²) in [6.45, 7) is 1.52. The zero-order valence-corrected chi connectivity index (χ0v) is 17.3. The third-order valence-corrected chi connectivity index (χ3v) is 5.60. The highest BCUT2D eigenvalue weighted by molar-refractivity contribution is 6.30. The minimum Gasteiger partial charge on any atom is -0.352 e. The van der Waals surface area contributed by atoms with E-state index in [1.54, 1.807) is 35.5 Å². The standard InChI is InChI=1S/C23H23ClN4O2/c24-19-9-7-17(8-10-19)14-26-22(29)18-4-2-12-27(16-18)23(30)21-6-3-13-28(21)20-5-1-11-25-15-20/h1,3,5-11,13,15,18H,2,4,12,14,16H2,(H,26,29). The van der Waals surface area contributed by atoms with Crippen LogP contribution in [0.1, 0.15) is 28.9 Å². The van der Waals surface area contributed by atoms with Gasteiger partial charge in [-0.3, -0.25) is 14.6 Å². The Bertz CT molecular complexity index is 1020. The largest absolute Gasteiger partial charge is 0.352 e. The summed E-state index contributed by atoms with van der Waals surface area (Å²) in [4.78, 5) is 31.8. The Kier molecular flexibility index (Phi) is 6.14. The van der Waals surface area contributed by atoms with Crippen LogP contribution in [0, 0.1) is 5.92 Å². The molecule has 3 heterocycles. The molecule has 1 aromatic carbocycles. The summed E-state index contributed by atoms with van der Waals surface area (Å²) in [5.41, 5.74) is 2.40. The molecule has 154 valence electrons. The van der Waals surface area contributed by atoms with Gasteiger partial charge in [-0.15, -0.1) is 0 Å². The van der Waals surface area contributed by atoms with Crippen molar-refractivity contribution in [3.8, 4) is 5.69 Å². The maximum atomic E-state index is 13.2.